The van der Waals surface area contributed by atoms with Gasteiger partial charge in [0, 0.05) is 17.5 Å². The molecule has 2 aromatic heterocycles. The van der Waals surface area contributed by atoms with Gasteiger partial charge in [-0.2, -0.15) is 5.10 Å². The highest BCUT2D eigenvalue weighted by molar-refractivity contribution is 5.89. The lowest BCUT2D eigenvalue weighted by Gasteiger charge is -2.11. The molecule has 0 N–H and O–H groups in total. The first-order valence-corrected chi connectivity index (χ1v) is 8.60. The smallest absolute Gasteiger partial charge is 0.337 e. The van der Waals surface area contributed by atoms with Gasteiger partial charge in [-0.3, -0.25) is 4.79 Å². The third-order valence-electron chi connectivity index (χ3n) is 4.37. The number of carbonyl (C=O) groups excluding carboxylic acids is 2. The molecule has 0 aliphatic carbocycles. The molecule has 0 saturated carbocycles. The molecule has 0 spiro atoms. The van der Waals surface area contributed by atoms with Crippen molar-refractivity contribution in [2.45, 2.75) is 33.6 Å². The molecule has 2 heterocycles. The van der Waals surface area contributed by atoms with Gasteiger partial charge in [0.1, 0.15) is 5.75 Å². The molecule has 1 aromatic carbocycles. The predicted molar refractivity (Wildman–Crippen MR) is 98.9 cm³/mol. The van der Waals surface area contributed by atoms with Gasteiger partial charge in [0.05, 0.1) is 24.8 Å². The number of rotatable bonds is 5. The summed E-state index contributed by atoms with van der Waals surface area (Å²) in [6.45, 7) is 5.83. The van der Waals surface area contributed by atoms with Crippen molar-refractivity contribution in [1.82, 2.24) is 14.6 Å². The Morgan fingerprint density at radius 2 is 1.81 bits per heavy atom. The second kappa shape index (κ2) is 7.57. The molecule has 0 bridgehead atoms. The summed E-state index contributed by atoms with van der Waals surface area (Å²) in [5.41, 5.74) is 4.95. The van der Waals surface area contributed by atoms with Crippen LogP contribution in [-0.2, 0) is 16.0 Å². The van der Waals surface area contributed by atoms with E-state index in [1.807, 2.05) is 26.8 Å². The van der Waals surface area contributed by atoms with Gasteiger partial charge in [0.2, 0.25) is 0 Å². The highest BCUT2D eigenvalue weighted by Crippen LogP contribution is 2.18. The Labute approximate surface area is 156 Å². The summed E-state index contributed by atoms with van der Waals surface area (Å²) in [7, 11) is 1.32. The van der Waals surface area contributed by atoms with E-state index in [0.717, 1.165) is 28.3 Å². The number of methoxy groups -OCH3 is 1. The number of ether oxygens (including phenoxy) is 2. The summed E-state index contributed by atoms with van der Waals surface area (Å²) in [5.74, 6) is -0.399. The van der Waals surface area contributed by atoms with Crippen LogP contribution >= 0.6 is 0 Å². The van der Waals surface area contributed by atoms with Crippen LogP contribution < -0.4 is 4.74 Å². The molecule has 7 nitrogen and oxygen atoms in total. The van der Waals surface area contributed by atoms with Gasteiger partial charge in [-0.15, -0.1) is 0 Å². The lowest BCUT2D eigenvalue weighted by molar-refractivity contribution is -0.134. The average molecular weight is 367 g/mol. The highest BCUT2D eigenvalue weighted by Gasteiger charge is 2.14. The van der Waals surface area contributed by atoms with Gasteiger partial charge in [0.25, 0.3) is 0 Å². The Balaban J connectivity index is 1.67. The Hall–Kier alpha value is -3.22. The van der Waals surface area contributed by atoms with Crippen LogP contribution in [0.3, 0.4) is 0 Å². The monoisotopic (exact) mass is 367 g/mol. The standard InChI is InChI=1S/C20H21N3O4/c1-12-11-18-21-13(2)17(14(3)23(18)22-12)9-10-19(24)27-16-7-5-15(6-8-16)20(25)26-4/h5-8,11H,9-10H2,1-4H3. The molecule has 0 unspecified atom stereocenters. The van der Waals surface area contributed by atoms with Crippen LogP contribution in [0.25, 0.3) is 5.65 Å². The van der Waals surface area contributed by atoms with Gasteiger partial charge in [-0.25, -0.2) is 14.3 Å². The number of esters is 2. The Morgan fingerprint density at radius 1 is 1.11 bits per heavy atom. The normalized spacial score (nSPS) is 10.8. The number of aromatic nitrogens is 3. The molecule has 0 atom stereocenters. The number of benzene rings is 1. The zero-order chi connectivity index (χ0) is 19.6. The van der Waals surface area contributed by atoms with E-state index in [-0.39, 0.29) is 12.4 Å². The summed E-state index contributed by atoms with van der Waals surface area (Å²) >= 11 is 0. The summed E-state index contributed by atoms with van der Waals surface area (Å²) in [5, 5.41) is 4.44. The Kier molecular flexibility index (Phi) is 5.21. The molecule has 0 aliphatic rings. The molecule has 3 aromatic rings. The van der Waals surface area contributed by atoms with E-state index in [1.54, 1.807) is 28.8 Å². The third kappa shape index (κ3) is 3.97. The number of hydrogen-bond donors (Lipinski definition) is 0. The minimum absolute atomic E-state index is 0.216. The quantitative estimate of drug-likeness (QED) is 0.509. The van der Waals surface area contributed by atoms with Crippen LogP contribution in [0.15, 0.2) is 30.3 Å². The van der Waals surface area contributed by atoms with Crippen LogP contribution in [0.5, 0.6) is 5.75 Å². The van der Waals surface area contributed by atoms with Crippen LogP contribution in [0, 0.1) is 20.8 Å². The van der Waals surface area contributed by atoms with Crippen molar-refractivity contribution in [1.29, 1.82) is 0 Å². The van der Waals surface area contributed by atoms with Crippen molar-refractivity contribution >= 4 is 17.6 Å². The van der Waals surface area contributed by atoms with Crippen LogP contribution in [-0.4, -0.2) is 33.6 Å². The average Bonchev–Trinajstić information content (AvgIpc) is 3.02. The molecule has 7 heteroatoms. The highest BCUT2D eigenvalue weighted by atomic mass is 16.5. The van der Waals surface area contributed by atoms with Gasteiger partial charge in [0.15, 0.2) is 5.65 Å². The van der Waals surface area contributed by atoms with Crippen LogP contribution in [0.2, 0.25) is 0 Å². The molecule has 140 valence electrons. The number of nitrogens with zero attached hydrogens (tertiary/aromatic N) is 3. The van der Waals surface area contributed by atoms with Gasteiger partial charge < -0.3 is 9.47 Å². The Bertz CT molecular complexity index is 1010. The fraction of sp³-hybridized carbons (Fsp3) is 0.300. The van der Waals surface area contributed by atoms with Gasteiger partial charge in [-0.05, 0) is 57.0 Å². The van der Waals surface area contributed by atoms with Crippen molar-refractivity contribution < 1.29 is 19.1 Å². The van der Waals surface area contributed by atoms with Crippen molar-refractivity contribution in [2.75, 3.05) is 7.11 Å². The largest absolute Gasteiger partial charge is 0.465 e. The molecule has 0 radical (unpaired) electrons. The first-order chi connectivity index (χ1) is 12.9. The van der Waals surface area contributed by atoms with Crippen molar-refractivity contribution in [3.05, 3.63) is 58.5 Å². The van der Waals surface area contributed by atoms with Crippen LogP contribution in [0.4, 0.5) is 0 Å². The van der Waals surface area contributed by atoms with E-state index in [9.17, 15) is 9.59 Å². The summed E-state index contributed by atoms with van der Waals surface area (Å²) < 4.78 is 11.8. The van der Waals surface area contributed by atoms with Crippen LogP contribution in [0.1, 0.15) is 39.4 Å². The Morgan fingerprint density at radius 3 is 2.48 bits per heavy atom. The molecule has 27 heavy (non-hydrogen) atoms. The lowest BCUT2D eigenvalue weighted by Crippen LogP contribution is -2.12. The third-order valence-corrected chi connectivity index (χ3v) is 4.37. The molecular weight excluding hydrogens is 346 g/mol. The van der Waals surface area contributed by atoms with E-state index < -0.39 is 5.97 Å². The maximum absolute atomic E-state index is 12.2. The number of aryl methyl sites for hydroxylation is 3. The van der Waals surface area contributed by atoms with Crippen molar-refractivity contribution in [2.24, 2.45) is 0 Å². The predicted octanol–water partition coefficient (Wildman–Crippen LogP) is 2.98. The van der Waals surface area contributed by atoms with Gasteiger partial charge in [-0.1, -0.05) is 0 Å². The zero-order valence-corrected chi connectivity index (χ0v) is 15.8. The molecule has 0 saturated heterocycles. The number of hydrogen-bond acceptors (Lipinski definition) is 6. The number of fused-ring (bicyclic) bond motifs is 1. The molecule has 0 amide bonds. The second-order valence-electron chi connectivity index (χ2n) is 6.31. The molecule has 0 fully saturated rings. The van der Waals surface area contributed by atoms with E-state index >= 15 is 0 Å². The zero-order valence-electron chi connectivity index (χ0n) is 15.8. The minimum Gasteiger partial charge on any atom is -0.465 e. The van der Waals surface area contributed by atoms with Crippen molar-refractivity contribution in [3.63, 3.8) is 0 Å². The van der Waals surface area contributed by atoms with Crippen molar-refractivity contribution in [3.8, 4) is 5.75 Å². The van der Waals surface area contributed by atoms with E-state index in [2.05, 4.69) is 14.8 Å². The number of carbonyl (C=O) groups is 2. The van der Waals surface area contributed by atoms with Gasteiger partial charge >= 0.3 is 11.9 Å². The maximum atomic E-state index is 12.2. The lowest BCUT2D eigenvalue weighted by atomic mass is 10.1. The van der Waals surface area contributed by atoms with E-state index in [1.165, 1.54) is 7.11 Å². The van der Waals surface area contributed by atoms with E-state index in [4.69, 9.17) is 4.74 Å². The van der Waals surface area contributed by atoms with E-state index in [0.29, 0.717) is 17.7 Å². The fourth-order valence-electron chi connectivity index (χ4n) is 2.99. The fourth-order valence-corrected chi connectivity index (χ4v) is 2.99. The summed E-state index contributed by atoms with van der Waals surface area (Å²) in [6.07, 6.45) is 0.729. The second-order valence-corrected chi connectivity index (χ2v) is 6.31. The maximum Gasteiger partial charge on any atom is 0.337 e. The summed E-state index contributed by atoms with van der Waals surface area (Å²) in [6, 6.07) is 8.18. The topological polar surface area (TPSA) is 82.8 Å². The minimum atomic E-state index is -0.435. The SMILES string of the molecule is COC(=O)c1ccc(OC(=O)CCc2c(C)nc3cc(C)nn3c2C)cc1. The summed E-state index contributed by atoms with van der Waals surface area (Å²) in [4.78, 5) is 28.2. The molecule has 3 rings (SSSR count). The molecule has 0 aliphatic heterocycles. The first kappa shape index (κ1) is 18.6. The molecular formula is C20H21N3O4. The first-order valence-electron chi connectivity index (χ1n) is 8.60.